The van der Waals surface area contributed by atoms with Gasteiger partial charge in [0.2, 0.25) is 0 Å². The molecule has 0 fully saturated rings. The molecule has 0 amide bonds. The summed E-state index contributed by atoms with van der Waals surface area (Å²) in [5.41, 5.74) is 7.77. The lowest BCUT2D eigenvalue weighted by Gasteiger charge is -2.14. The molecule has 4 nitrogen and oxygen atoms in total. The summed E-state index contributed by atoms with van der Waals surface area (Å²) >= 11 is 1.44. The van der Waals surface area contributed by atoms with Crippen LogP contribution in [0.2, 0.25) is 0 Å². The van der Waals surface area contributed by atoms with E-state index in [4.69, 9.17) is 10.5 Å². The molecule has 0 saturated heterocycles. The Morgan fingerprint density at radius 1 is 1.21 bits per heavy atom. The molecule has 100 valence electrons. The number of aromatic nitrogens is 2. The van der Waals surface area contributed by atoms with Gasteiger partial charge in [0.25, 0.3) is 0 Å². The van der Waals surface area contributed by atoms with Crippen molar-refractivity contribution in [2.45, 2.75) is 36.9 Å². The molecule has 1 aromatic heterocycles. The summed E-state index contributed by atoms with van der Waals surface area (Å²) in [7, 11) is 0. The van der Waals surface area contributed by atoms with E-state index in [1.54, 1.807) is 12.4 Å². The topological polar surface area (TPSA) is 61.0 Å². The Morgan fingerprint density at radius 2 is 1.89 bits per heavy atom. The molecular formula is C14H17N3OS. The number of ether oxygens (including phenoxy) is 1. The van der Waals surface area contributed by atoms with Crippen LogP contribution in [-0.2, 0) is 0 Å². The van der Waals surface area contributed by atoms with E-state index in [2.05, 4.69) is 9.97 Å². The van der Waals surface area contributed by atoms with Crippen molar-refractivity contribution in [1.29, 1.82) is 0 Å². The number of aryl methyl sites for hydroxylation is 1. The molecule has 2 rings (SSSR count). The second-order valence-electron chi connectivity index (χ2n) is 4.48. The molecule has 0 aliphatic rings. The monoisotopic (exact) mass is 275 g/mol. The van der Waals surface area contributed by atoms with Crippen molar-refractivity contribution in [2.75, 3.05) is 5.73 Å². The number of benzene rings is 1. The van der Waals surface area contributed by atoms with Gasteiger partial charge in [-0.15, -0.1) is 0 Å². The zero-order valence-electron chi connectivity index (χ0n) is 11.3. The minimum Gasteiger partial charge on any atom is -0.489 e. The van der Waals surface area contributed by atoms with Crippen molar-refractivity contribution < 1.29 is 4.74 Å². The Kier molecular flexibility index (Phi) is 4.27. The average Bonchev–Trinajstić information content (AvgIpc) is 2.36. The van der Waals surface area contributed by atoms with Gasteiger partial charge < -0.3 is 10.5 Å². The van der Waals surface area contributed by atoms with Crippen molar-refractivity contribution in [1.82, 2.24) is 9.97 Å². The van der Waals surface area contributed by atoms with E-state index < -0.39 is 0 Å². The molecule has 0 unspecified atom stereocenters. The molecule has 2 N–H and O–H groups in total. The predicted octanol–water partition coefficient (Wildman–Crippen LogP) is 3.31. The fourth-order valence-corrected chi connectivity index (χ4v) is 2.27. The van der Waals surface area contributed by atoms with Gasteiger partial charge in [0.1, 0.15) is 5.75 Å². The molecule has 0 spiro atoms. The summed E-state index contributed by atoms with van der Waals surface area (Å²) in [6.07, 6.45) is 3.68. The Morgan fingerprint density at radius 3 is 2.53 bits per heavy atom. The zero-order chi connectivity index (χ0) is 13.8. The molecular weight excluding hydrogens is 258 g/mol. The molecule has 2 aromatic rings. The average molecular weight is 275 g/mol. The zero-order valence-corrected chi connectivity index (χ0v) is 12.1. The third-order valence-corrected chi connectivity index (χ3v) is 3.32. The lowest BCUT2D eigenvalue weighted by atomic mass is 10.3. The van der Waals surface area contributed by atoms with E-state index in [1.165, 1.54) is 11.8 Å². The number of rotatable bonds is 4. The maximum atomic E-state index is 6.11. The molecule has 0 radical (unpaired) electrons. The van der Waals surface area contributed by atoms with E-state index in [0.717, 1.165) is 10.5 Å². The van der Waals surface area contributed by atoms with Crippen LogP contribution in [0.4, 0.5) is 5.69 Å². The van der Waals surface area contributed by atoms with Gasteiger partial charge in [-0.1, -0.05) is 6.07 Å². The minimum atomic E-state index is 0.0955. The highest BCUT2D eigenvalue weighted by Gasteiger charge is 2.10. The lowest BCUT2D eigenvalue weighted by Crippen LogP contribution is -2.07. The number of nitrogen functional groups attached to an aromatic ring is 1. The van der Waals surface area contributed by atoms with Gasteiger partial charge in [-0.25, -0.2) is 9.97 Å². The highest BCUT2D eigenvalue weighted by atomic mass is 32.2. The molecule has 0 atom stereocenters. The van der Waals surface area contributed by atoms with E-state index >= 15 is 0 Å². The summed E-state index contributed by atoms with van der Waals surface area (Å²) in [5, 5.41) is 0.680. The van der Waals surface area contributed by atoms with Crippen molar-refractivity contribution in [3.63, 3.8) is 0 Å². The van der Waals surface area contributed by atoms with Crippen LogP contribution >= 0.6 is 11.8 Å². The minimum absolute atomic E-state index is 0.0955. The van der Waals surface area contributed by atoms with Gasteiger partial charge >= 0.3 is 0 Å². The van der Waals surface area contributed by atoms with E-state index in [1.807, 2.05) is 39.0 Å². The van der Waals surface area contributed by atoms with Crippen LogP contribution in [0.5, 0.6) is 5.75 Å². The fourth-order valence-electron chi connectivity index (χ4n) is 1.50. The number of hydrogen-bond acceptors (Lipinski definition) is 5. The molecule has 19 heavy (non-hydrogen) atoms. The molecule has 0 saturated carbocycles. The van der Waals surface area contributed by atoms with Crippen LogP contribution in [0, 0.1) is 6.92 Å². The van der Waals surface area contributed by atoms with Crippen LogP contribution in [0.1, 0.15) is 19.4 Å². The maximum Gasteiger partial charge on any atom is 0.192 e. The van der Waals surface area contributed by atoms with Crippen LogP contribution in [0.3, 0.4) is 0 Å². The Hall–Kier alpha value is -1.75. The van der Waals surface area contributed by atoms with Gasteiger partial charge in [-0.3, -0.25) is 0 Å². The first kappa shape index (κ1) is 13.7. The first-order chi connectivity index (χ1) is 9.06. The van der Waals surface area contributed by atoms with E-state index in [9.17, 15) is 0 Å². The molecule has 0 bridgehead atoms. The molecule has 1 heterocycles. The van der Waals surface area contributed by atoms with E-state index in [-0.39, 0.29) is 6.10 Å². The Bertz CT molecular complexity index is 555. The van der Waals surface area contributed by atoms with Gasteiger partial charge in [0, 0.05) is 17.3 Å². The van der Waals surface area contributed by atoms with Crippen molar-refractivity contribution in [3.8, 4) is 5.75 Å². The van der Waals surface area contributed by atoms with Crippen molar-refractivity contribution in [3.05, 3.63) is 36.2 Å². The molecule has 5 heteroatoms. The summed E-state index contributed by atoms with van der Waals surface area (Å²) in [6, 6.07) is 5.73. The number of nitrogens with two attached hydrogens (primary N) is 1. The summed E-state index contributed by atoms with van der Waals surface area (Å²) in [6.45, 7) is 5.91. The van der Waals surface area contributed by atoms with Crippen LogP contribution < -0.4 is 10.5 Å². The first-order valence-electron chi connectivity index (χ1n) is 6.08. The van der Waals surface area contributed by atoms with Crippen molar-refractivity contribution in [2.24, 2.45) is 0 Å². The van der Waals surface area contributed by atoms with Crippen LogP contribution in [0.15, 0.2) is 40.6 Å². The fraction of sp³-hybridized carbons (Fsp3) is 0.286. The van der Waals surface area contributed by atoms with Gasteiger partial charge in [0.15, 0.2) is 5.16 Å². The second kappa shape index (κ2) is 5.93. The standard InChI is InChI=1S/C14H17N3OS/c1-9(2)18-11-5-4-6-12(13(11)15)19-14-16-7-10(3)8-17-14/h4-9H,15H2,1-3H3. The largest absolute Gasteiger partial charge is 0.489 e. The van der Waals surface area contributed by atoms with Crippen LogP contribution in [-0.4, -0.2) is 16.1 Å². The predicted molar refractivity (Wildman–Crippen MR) is 77.5 cm³/mol. The first-order valence-corrected chi connectivity index (χ1v) is 6.89. The maximum absolute atomic E-state index is 6.11. The third-order valence-electron chi connectivity index (χ3n) is 2.35. The molecule has 1 aromatic carbocycles. The molecule has 0 aliphatic carbocycles. The van der Waals surface area contributed by atoms with E-state index in [0.29, 0.717) is 16.6 Å². The lowest BCUT2D eigenvalue weighted by molar-refractivity contribution is 0.243. The van der Waals surface area contributed by atoms with Crippen LogP contribution in [0.25, 0.3) is 0 Å². The SMILES string of the molecule is Cc1cnc(Sc2cccc(OC(C)C)c2N)nc1. The summed E-state index contributed by atoms with van der Waals surface area (Å²) in [5.74, 6) is 0.701. The smallest absolute Gasteiger partial charge is 0.192 e. The molecule has 0 aliphatic heterocycles. The number of hydrogen-bond donors (Lipinski definition) is 1. The second-order valence-corrected chi connectivity index (χ2v) is 5.49. The number of para-hydroxylation sites is 1. The highest BCUT2D eigenvalue weighted by Crippen LogP contribution is 2.35. The van der Waals surface area contributed by atoms with Gasteiger partial charge in [0.05, 0.1) is 11.8 Å². The van der Waals surface area contributed by atoms with Gasteiger partial charge in [-0.2, -0.15) is 0 Å². The highest BCUT2D eigenvalue weighted by molar-refractivity contribution is 7.99. The van der Waals surface area contributed by atoms with Gasteiger partial charge in [-0.05, 0) is 50.2 Å². The summed E-state index contributed by atoms with van der Waals surface area (Å²) < 4.78 is 5.66. The third kappa shape index (κ3) is 3.61. The normalized spacial score (nSPS) is 10.7. The quantitative estimate of drug-likeness (QED) is 0.685. The Labute approximate surface area is 117 Å². The Balaban J connectivity index is 2.23. The number of anilines is 1. The summed E-state index contributed by atoms with van der Waals surface area (Å²) in [4.78, 5) is 9.43. The van der Waals surface area contributed by atoms with Crippen molar-refractivity contribution >= 4 is 17.4 Å². The number of nitrogens with zero attached hydrogens (tertiary/aromatic N) is 2.